The van der Waals surface area contributed by atoms with Crippen molar-refractivity contribution in [3.63, 3.8) is 0 Å². The van der Waals surface area contributed by atoms with E-state index in [1.165, 1.54) is 0 Å². The first-order valence-corrected chi connectivity index (χ1v) is 7.04. The van der Waals surface area contributed by atoms with Crippen LogP contribution in [0.4, 0.5) is 5.82 Å². The van der Waals surface area contributed by atoms with Crippen LogP contribution in [0.2, 0.25) is 0 Å². The summed E-state index contributed by atoms with van der Waals surface area (Å²) in [6.45, 7) is 5.63. The first-order valence-electron chi connectivity index (χ1n) is 7.04. The smallest absolute Gasteiger partial charge is 0.338 e. The highest BCUT2D eigenvalue weighted by atomic mass is 16.5. The maximum atomic E-state index is 11.9. The van der Waals surface area contributed by atoms with Crippen LogP contribution in [-0.4, -0.2) is 28.7 Å². The number of nitrogens with one attached hydrogen (secondary N) is 2. The van der Waals surface area contributed by atoms with E-state index < -0.39 is 11.9 Å². The highest BCUT2D eigenvalue weighted by Crippen LogP contribution is 2.15. The fourth-order valence-electron chi connectivity index (χ4n) is 1.88. The molecule has 0 radical (unpaired) electrons. The third kappa shape index (κ3) is 4.18. The quantitative estimate of drug-likeness (QED) is 0.831. The molecule has 0 aliphatic heterocycles. The Bertz CT molecular complexity index is 660. The van der Waals surface area contributed by atoms with Crippen molar-refractivity contribution in [3.8, 4) is 0 Å². The van der Waals surface area contributed by atoms with Crippen LogP contribution in [0.15, 0.2) is 30.3 Å². The average molecular weight is 301 g/mol. The third-order valence-electron chi connectivity index (χ3n) is 3.12. The Labute approximate surface area is 128 Å². The minimum atomic E-state index is -0.524. The van der Waals surface area contributed by atoms with E-state index in [4.69, 9.17) is 4.74 Å². The maximum absolute atomic E-state index is 11.9. The zero-order chi connectivity index (χ0) is 16.1. The first-order chi connectivity index (χ1) is 10.5. The van der Waals surface area contributed by atoms with Gasteiger partial charge in [0.25, 0.3) is 5.91 Å². The van der Waals surface area contributed by atoms with E-state index in [0.717, 1.165) is 11.3 Å². The topological polar surface area (TPSA) is 84.1 Å². The number of rotatable bonds is 5. The Kier molecular flexibility index (Phi) is 4.93. The minimum Gasteiger partial charge on any atom is -0.452 e. The summed E-state index contributed by atoms with van der Waals surface area (Å²) in [7, 11) is 0. The van der Waals surface area contributed by atoms with E-state index in [9.17, 15) is 9.59 Å². The molecule has 0 saturated heterocycles. The van der Waals surface area contributed by atoms with Crippen LogP contribution in [0.1, 0.15) is 41.4 Å². The molecule has 0 aliphatic carbocycles. The molecular weight excluding hydrogens is 282 g/mol. The molecule has 0 aliphatic rings. The zero-order valence-corrected chi connectivity index (χ0v) is 12.8. The van der Waals surface area contributed by atoms with Gasteiger partial charge >= 0.3 is 5.97 Å². The van der Waals surface area contributed by atoms with Crippen LogP contribution < -0.4 is 5.32 Å². The van der Waals surface area contributed by atoms with Gasteiger partial charge in [0, 0.05) is 11.8 Å². The lowest BCUT2D eigenvalue weighted by atomic mass is 10.0. The minimum absolute atomic E-state index is 0.351. The summed E-state index contributed by atoms with van der Waals surface area (Å²) in [5.74, 6) is -0.157. The van der Waals surface area contributed by atoms with Crippen molar-refractivity contribution in [3.05, 3.63) is 47.2 Å². The molecule has 2 N–H and O–H groups in total. The van der Waals surface area contributed by atoms with Crippen LogP contribution in [0.5, 0.6) is 0 Å². The number of H-pyrrole nitrogens is 1. The van der Waals surface area contributed by atoms with E-state index >= 15 is 0 Å². The SMILES string of the molecule is Cc1cc(NC(=O)COC(=O)c2ccc(C(C)C)cc2)n[nH]1. The molecule has 6 nitrogen and oxygen atoms in total. The number of amides is 1. The Morgan fingerprint density at radius 1 is 1.27 bits per heavy atom. The van der Waals surface area contributed by atoms with Gasteiger partial charge in [0.2, 0.25) is 0 Å². The molecule has 1 aromatic heterocycles. The molecule has 1 amide bonds. The van der Waals surface area contributed by atoms with E-state index in [1.54, 1.807) is 18.2 Å². The van der Waals surface area contributed by atoms with E-state index in [2.05, 4.69) is 29.4 Å². The summed E-state index contributed by atoms with van der Waals surface area (Å²) >= 11 is 0. The molecule has 22 heavy (non-hydrogen) atoms. The van der Waals surface area contributed by atoms with Gasteiger partial charge in [0.05, 0.1) is 5.56 Å². The lowest BCUT2D eigenvalue weighted by Gasteiger charge is -2.07. The standard InChI is InChI=1S/C16H19N3O3/c1-10(2)12-4-6-13(7-5-12)16(21)22-9-15(20)17-14-8-11(3)18-19-14/h4-8,10H,9H2,1-3H3,(H2,17,18,19,20). The molecule has 0 atom stereocenters. The highest BCUT2D eigenvalue weighted by molar-refractivity contribution is 5.95. The fourth-order valence-corrected chi connectivity index (χ4v) is 1.88. The number of aromatic nitrogens is 2. The van der Waals surface area contributed by atoms with Crippen LogP contribution in [0.25, 0.3) is 0 Å². The molecule has 0 bridgehead atoms. The zero-order valence-electron chi connectivity index (χ0n) is 12.8. The van der Waals surface area contributed by atoms with Crippen molar-refractivity contribution >= 4 is 17.7 Å². The molecule has 1 heterocycles. The lowest BCUT2D eigenvalue weighted by molar-refractivity contribution is -0.119. The largest absolute Gasteiger partial charge is 0.452 e. The van der Waals surface area contributed by atoms with Crippen molar-refractivity contribution in [1.82, 2.24) is 10.2 Å². The van der Waals surface area contributed by atoms with E-state index in [0.29, 0.717) is 17.3 Å². The van der Waals surface area contributed by atoms with Crippen LogP contribution in [0.3, 0.4) is 0 Å². The Hall–Kier alpha value is -2.63. The van der Waals surface area contributed by atoms with Crippen molar-refractivity contribution in [2.45, 2.75) is 26.7 Å². The van der Waals surface area contributed by atoms with Crippen molar-refractivity contribution < 1.29 is 14.3 Å². The Morgan fingerprint density at radius 2 is 1.95 bits per heavy atom. The third-order valence-corrected chi connectivity index (χ3v) is 3.12. The molecular formula is C16H19N3O3. The molecule has 0 unspecified atom stereocenters. The fraction of sp³-hybridized carbons (Fsp3) is 0.312. The van der Waals surface area contributed by atoms with E-state index in [-0.39, 0.29) is 6.61 Å². The van der Waals surface area contributed by atoms with Gasteiger partial charge in [-0.25, -0.2) is 4.79 Å². The number of aryl methyl sites for hydroxylation is 1. The average Bonchev–Trinajstić information content (AvgIpc) is 2.90. The van der Waals surface area contributed by atoms with Gasteiger partial charge in [0.15, 0.2) is 12.4 Å². The second-order valence-electron chi connectivity index (χ2n) is 5.34. The number of esters is 1. The molecule has 2 rings (SSSR count). The molecule has 116 valence electrons. The number of nitrogens with zero attached hydrogens (tertiary/aromatic N) is 1. The molecule has 1 aromatic carbocycles. The number of aromatic amines is 1. The summed E-state index contributed by atoms with van der Waals surface area (Å²) in [6, 6.07) is 8.85. The van der Waals surface area contributed by atoms with Crippen LogP contribution >= 0.6 is 0 Å². The first kappa shape index (κ1) is 15.8. The van der Waals surface area contributed by atoms with Gasteiger partial charge < -0.3 is 10.1 Å². The van der Waals surface area contributed by atoms with Crippen LogP contribution in [0, 0.1) is 6.92 Å². The lowest BCUT2D eigenvalue weighted by Crippen LogP contribution is -2.21. The molecule has 0 fully saturated rings. The number of hydrogen-bond donors (Lipinski definition) is 2. The summed E-state index contributed by atoms with van der Waals surface area (Å²) in [5, 5.41) is 9.11. The van der Waals surface area contributed by atoms with Crippen molar-refractivity contribution in [2.24, 2.45) is 0 Å². The van der Waals surface area contributed by atoms with Gasteiger partial charge in [0.1, 0.15) is 0 Å². The van der Waals surface area contributed by atoms with Crippen LogP contribution in [-0.2, 0) is 9.53 Å². The molecule has 6 heteroatoms. The normalized spacial score (nSPS) is 10.5. The summed E-state index contributed by atoms with van der Waals surface area (Å²) < 4.78 is 4.98. The molecule has 2 aromatic rings. The second kappa shape index (κ2) is 6.89. The summed E-state index contributed by atoms with van der Waals surface area (Å²) in [5.41, 5.74) is 2.40. The number of benzene rings is 1. The monoisotopic (exact) mass is 301 g/mol. The van der Waals surface area contributed by atoms with Crippen molar-refractivity contribution in [2.75, 3.05) is 11.9 Å². The number of ether oxygens (including phenoxy) is 1. The number of carbonyl (C=O) groups is 2. The van der Waals surface area contributed by atoms with Crippen molar-refractivity contribution in [1.29, 1.82) is 0 Å². The van der Waals surface area contributed by atoms with Gasteiger partial charge in [-0.05, 0) is 30.5 Å². The Morgan fingerprint density at radius 3 is 2.50 bits per heavy atom. The number of anilines is 1. The Balaban J connectivity index is 1.85. The van der Waals surface area contributed by atoms with Gasteiger partial charge in [-0.15, -0.1) is 0 Å². The molecule has 0 spiro atoms. The summed E-state index contributed by atoms with van der Waals surface area (Å²) in [4.78, 5) is 23.5. The maximum Gasteiger partial charge on any atom is 0.338 e. The van der Waals surface area contributed by atoms with Gasteiger partial charge in [-0.2, -0.15) is 5.10 Å². The highest BCUT2D eigenvalue weighted by Gasteiger charge is 2.11. The predicted octanol–water partition coefficient (Wildman–Crippen LogP) is 2.64. The van der Waals surface area contributed by atoms with E-state index in [1.807, 2.05) is 19.1 Å². The number of hydrogen-bond acceptors (Lipinski definition) is 4. The predicted molar refractivity (Wildman–Crippen MR) is 82.8 cm³/mol. The number of carbonyl (C=O) groups excluding carboxylic acids is 2. The van der Waals surface area contributed by atoms with Gasteiger partial charge in [-0.1, -0.05) is 26.0 Å². The molecule has 0 saturated carbocycles. The second-order valence-corrected chi connectivity index (χ2v) is 5.34. The summed E-state index contributed by atoms with van der Waals surface area (Å²) in [6.07, 6.45) is 0. The van der Waals surface area contributed by atoms with Gasteiger partial charge in [-0.3, -0.25) is 9.89 Å².